The van der Waals surface area contributed by atoms with Gasteiger partial charge in [0.25, 0.3) is 5.56 Å². The molecule has 0 spiro atoms. The van der Waals surface area contributed by atoms with Crippen LogP contribution in [0.5, 0.6) is 0 Å². The van der Waals surface area contributed by atoms with Crippen LogP contribution >= 0.6 is 0 Å². The van der Waals surface area contributed by atoms with Crippen molar-refractivity contribution in [3.8, 4) is 0 Å². The van der Waals surface area contributed by atoms with Crippen molar-refractivity contribution >= 4 is 17.1 Å². The molecule has 0 amide bonds. The van der Waals surface area contributed by atoms with E-state index in [1.165, 1.54) is 6.42 Å². The van der Waals surface area contributed by atoms with Gasteiger partial charge in [-0.05, 0) is 19.8 Å². The number of anilines is 1. The first-order valence-corrected chi connectivity index (χ1v) is 7.14. The van der Waals surface area contributed by atoms with Gasteiger partial charge in [-0.1, -0.05) is 19.3 Å². The first-order chi connectivity index (χ1) is 9.63. The first-order valence-electron chi connectivity index (χ1n) is 7.14. The molecule has 1 saturated carbocycles. The highest BCUT2D eigenvalue weighted by atomic mass is 16.2. The normalized spacial score (nSPS) is 16.9. The lowest BCUT2D eigenvalue weighted by molar-refractivity contribution is 0.349. The number of hydrogen-bond acceptors (Lipinski definition) is 4. The molecule has 7 nitrogen and oxygen atoms in total. The monoisotopic (exact) mass is 277 g/mol. The standard InChI is InChI=1S/C13H19N5O2/c1-2-17-9-10(15-12(17)14)18(13(20)16-11(9)19)8-6-4-3-5-7-8/h8H,2-7H2,1H3,(H2,14,15)(H,16,19,20). The molecular formula is C13H19N5O2. The number of aromatic amines is 1. The Labute approximate surface area is 115 Å². The van der Waals surface area contributed by atoms with Crippen molar-refractivity contribution in [2.45, 2.75) is 51.6 Å². The summed E-state index contributed by atoms with van der Waals surface area (Å²) in [5.74, 6) is 0.281. The number of fused-ring (bicyclic) bond motifs is 1. The maximum absolute atomic E-state index is 12.2. The van der Waals surface area contributed by atoms with Gasteiger partial charge in [0.1, 0.15) is 0 Å². The van der Waals surface area contributed by atoms with Crippen LogP contribution in [0.1, 0.15) is 45.1 Å². The van der Waals surface area contributed by atoms with E-state index >= 15 is 0 Å². The summed E-state index contributed by atoms with van der Waals surface area (Å²) in [6.45, 7) is 2.45. The van der Waals surface area contributed by atoms with Crippen LogP contribution in [-0.4, -0.2) is 19.1 Å². The molecule has 0 atom stereocenters. The second-order valence-corrected chi connectivity index (χ2v) is 5.31. The molecule has 20 heavy (non-hydrogen) atoms. The van der Waals surface area contributed by atoms with Crippen molar-refractivity contribution in [3.05, 3.63) is 20.8 Å². The van der Waals surface area contributed by atoms with Gasteiger partial charge in [-0.2, -0.15) is 4.98 Å². The number of H-pyrrole nitrogens is 1. The average Bonchev–Trinajstić information content (AvgIpc) is 2.76. The summed E-state index contributed by atoms with van der Waals surface area (Å²) in [5.41, 5.74) is 5.89. The average molecular weight is 277 g/mol. The molecule has 0 radical (unpaired) electrons. The topological polar surface area (TPSA) is 98.7 Å². The van der Waals surface area contributed by atoms with Crippen molar-refractivity contribution < 1.29 is 0 Å². The number of aryl methyl sites for hydroxylation is 1. The highest BCUT2D eigenvalue weighted by molar-refractivity contribution is 5.73. The van der Waals surface area contributed by atoms with Crippen molar-refractivity contribution in [3.63, 3.8) is 0 Å². The number of nitrogen functional groups attached to an aromatic ring is 1. The fraction of sp³-hybridized carbons (Fsp3) is 0.615. The summed E-state index contributed by atoms with van der Waals surface area (Å²) in [4.78, 5) is 30.9. The molecular weight excluding hydrogens is 258 g/mol. The van der Waals surface area contributed by atoms with Gasteiger partial charge >= 0.3 is 5.69 Å². The Bertz CT molecular complexity index is 748. The lowest BCUT2D eigenvalue weighted by Crippen LogP contribution is -2.34. The third-order valence-corrected chi connectivity index (χ3v) is 4.12. The summed E-state index contributed by atoms with van der Waals surface area (Å²) in [6, 6.07) is 0.107. The Kier molecular flexibility index (Phi) is 3.11. The predicted molar refractivity (Wildman–Crippen MR) is 76.8 cm³/mol. The molecule has 108 valence electrons. The predicted octanol–water partition coefficient (Wildman–Crippen LogP) is 0.994. The molecule has 0 saturated heterocycles. The third-order valence-electron chi connectivity index (χ3n) is 4.12. The summed E-state index contributed by atoms with van der Waals surface area (Å²) in [6.07, 6.45) is 5.28. The summed E-state index contributed by atoms with van der Waals surface area (Å²) in [7, 11) is 0. The van der Waals surface area contributed by atoms with Crippen molar-refractivity contribution in [1.29, 1.82) is 0 Å². The van der Waals surface area contributed by atoms with Crippen molar-refractivity contribution in [1.82, 2.24) is 19.1 Å². The molecule has 3 rings (SSSR count). The van der Waals surface area contributed by atoms with Crippen LogP contribution < -0.4 is 17.0 Å². The van der Waals surface area contributed by atoms with E-state index in [1.807, 2.05) is 6.92 Å². The van der Waals surface area contributed by atoms with Gasteiger partial charge in [0.2, 0.25) is 5.95 Å². The number of imidazole rings is 1. The minimum absolute atomic E-state index is 0.107. The maximum atomic E-state index is 12.2. The van der Waals surface area contributed by atoms with Crippen LogP contribution in [0.4, 0.5) is 5.95 Å². The lowest BCUT2D eigenvalue weighted by Gasteiger charge is -2.23. The van der Waals surface area contributed by atoms with Crippen LogP contribution in [0.15, 0.2) is 9.59 Å². The molecule has 0 aromatic carbocycles. The highest BCUT2D eigenvalue weighted by Crippen LogP contribution is 2.28. The number of nitrogens with zero attached hydrogens (tertiary/aromatic N) is 3. The number of nitrogens with two attached hydrogens (primary N) is 1. The highest BCUT2D eigenvalue weighted by Gasteiger charge is 2.23. The van der Waals surface area contributed by atoms with Crippen LogP contribution in [0.25, 0.3) is 11.2 Å². The molecule has 1 fully saturated rings. The Morgan fingerprint density at radius 1 is 1.30 bits per heavy atom. The second kappa shape index (κ2) is 4.81. The zero-order chi connectivity index (χ0) is 14.3. The third kappa shape index (κ3) is 1.85. The Morgan fingerprint density at radius 3 is 2.65 bits per heavy atom. The van der Waals surface area contributed by atoms with E-state index in [0.29, 0.717) is 17.7 Å². The SMILES string of the molecule is CCn1c(N)nc2c1c(=O)[nH]c(=O)n2C1CCCCC1. The number of hydrogen-bond donors (Lipinski definition) is 2. The van der Waals surface area contributed by atoms with Gasteiger partial charge in [0.05, 0.1) is 0 Å². The van der Waals surface area contributed by atoms with Gasteiger partial charge in [0, 0.05) is 12.6 Å². The lowest BCUT2D eigenvalue weighted by atomic mass is 9.95. The van der Waals surface area contributed by atoms with Gasteiger partial charge in [0.15, 0.2) is 11.2 Å². The number of rotatable bonds is 2. The molecule has 2 aromatic heterocycles. The van der Waals surface area contributed by atoms with Gasteiger partial charge < -0.3 is 10.3 Å². The Balaban J connectivity index is 2.31. The minimum atomic E-state index is -0.414. The van der Waals surface area contributed by atoms with Crippen LogP contribution in [0, 0.1) is 0 Å². The van der Waals surface area contributed by atoms with E-state index < -0.39 is 5.56 Å². The molecule has 1 aliphatic rings. The molecule has 2 heterocycles. The molecule has 7 heteroatoms. The van der Waals surface area contributed by atoms with Crippen LogP contribution in [-0.2, 0) is 6.54 Å². The molecule has 0 aliphatic heterocycles. The van der Waals surface area contributed by atoms with Crippen molar-refractivity contribution in [2.24, 2.45) is 0 Å². The largest absolute Gasteiger partial charge is 0.369 e. The van der Waals surface area contributed by atoms with E-state index in [-0.39, 0.29) is 17.7 Å². The van der Waals surface area contributed by atoms with E-state index in [1.54, 1.807) is 9.13 Å². The van der Waals surface area contributed by atoms with Gasteiger partial charge in [-0.15, -0.1) is 0 Å². The minimum Gasteiger partial charge on any atom is -0.369 e. The summed E-state index contributed by atoms with van der Waals surface area (Å²) >= 11 is 0. The van der Waals surface area contributed by atoms with Gasteiger partial charge in [-0.25, -0.2) is 4.79 Å². The molecule has 2 aromatic rings. The summed E-state index contributed by atoms with van der Waals surface area (Å²) < 4.78 is 3.27. The van der Waals surface area contributed by atoms with E-state index in [2.05, 4.69) is 9.97 Å². The smallest absolute Gasteiger partial charge is 0.330 e. The number of aromatic nitrogens is 4. The van der Waals surface area contributed by atoms with Gasteiger partial charge in [-0.3, -0.25) is 14.3 Å². The van der Waals surface area contributed by atoms with Crippen molar-refractivity contribution in [2.75, 3.05) is 5.73 Å². The fourth-order valence-corrected chi connectivity index (χ4v) is 3.16. The molecule has 0 bridgehead atoms. The van der Waals surface area contributed by atoms with Crippen LogP contribution in [0.2, 0.25) is 0 Å². The molecule has 0 unspecified atom stereocenters. The van der Waals surface area contributed by atoms with E-state index in [9.17, 15) is 9.59 Å². The zero-order valence-corrected chi connectivity index (χ0v) is 11.6. The fourth-order valence-electron chi connectivity index (χ4n) is 3.16. The Hall–Kier alpha value is -2.05. The zero-order valence-electron chi connectivity index (χ0n) is 11.6. The molecule has 1 aliphatic carbocycles. The number of nitrogens with one attached hydrogen (secondary N) is 1. The molecule has 3 N–H and O–H groups in total. The quantitative estimate of drug-likeness (QED) is 0.855. The maximum Gasteiger partial charge on any atom is 0.330 e. The van der Waals surface area contributed by atoms with Crippen LogP contribution in [0.3, 0.4) is 0 Å². The van der Waals surface area contributed by atoms with E-state index in [4.69, 9.17) is 5.73 Å². The Morgan fingerprint density at radius 2 is 2.00 bits per heavy atom. The first kappa shape index (κ1) is 13.0. The second-order valence-electron chi connectivity index (χ2n) is 5.31. The summed E-state index contributed by atoms with van der Waals surface area (Å²) in [5, 5.41) is 0. The van der Waals surface area contributed by atoms with E-state index in [0.717, 1.165) is 25.7 Å².